The number of nitro benzene ring substituents is 1. The van der Waals surface area contributed by atoms with Gasteiger partial charge in [0.05, 0.1) is 16.7 Å². The molecule has 3 aromatic rings. The van der Waals surface area contributed by atoms with Gasteiger partial charge in [0.25, 0.3) is 5.69 Å². The molecule has 0 atom stereocenters. The number of aromatic nitrogens is 2. The zero-order valence-corrected chi connectivity index (χ0v) is 17.8. The molecule has 2 aromatic carbocycles. The van der Waals surface area contributed by atoms with Crippen LogP contribution in [0.1, 0.15) is 24.0 Å². The standard InChI is InChI=1S/C19H21N5O4S2/c25-24(26)16-7-6-14-8-11-23(13-15(14)12-16)10-2-1-9-20-30(27,28)18-5-3-4-17-19(18)22-29-21-17/h3-7,12,20H,1-2,8-11,13H2. The highest BCUT2D eigenvalue weighted by atomic mass is 32.2. The van der Waals surface area contributed by atoms with Crippen LogP contribution >= 0.6 is 11.7 Å². The second kappa shape index (κ2) is 8.72. The van der Waals surface area contributed by atoms with Crippen LogP contribution in [0.15, 0.2) is 41.3 Å². The molecular weight excluding hydrogens is 426 g/mol. The van der Waals surface area contributed by atoms with E-state index in [0.29, 0.717) is 30.5 Å². The first-order chi connectivity index (χ1) is 14.4. The average molecular weight is 448 g/mol. The third-order valence-corrected chi connectivity index (χ3v) is 7.26. The number of nitrogens with one attached hydrogen (secondary N) is 1. The maximum atomic E-state index is 12.6. The van der Waals surface area contributed by atoms with E-state index in [9.17, 15) is 18.5 Å². The van der Waals surface area contributed by atoms with E-state index in [1.165, 1.54) is 6.07 Å². The third-order valence-electron chi connectivity index (χ3n) is 5.22. The first-order valence-electron chi connectivity index (χ1n) is 9.63. The summed E-state index contributed by atoms with van der Waals surface area (Å²) in [6.45, 7) is 2.73. The van der Waals surface area contributed by atoms with Gasteiger partial charge in [0.15, 0.2) is 0 Å². The summed E-state index contributed by atoms with van der Waals surface area (Å²) in [5.41, 5.74) is 3.26. The summed E-state index contributed by atoms with van der Waals surface area (Å²) >= 11 is 0.993. The largest absolute Gasteiger partial charge is 0.299 e. The van der Waals surface area contributed by atoms with Crippen LogP contribution in [0, 0.1) is 10.1 Å². The number of benzene rings is 2. The lowest BCUT2D eigenvalue weighted by Gasteiger charge is -2.28. The number of non-ortho nitro benzene ring substituents is 1. The van der Waals surface area contributed by atoms with Crippen molar-refractivity contribution in [2.75, 3.05) is 19.6 Å². The van der Waals surface area contributed by atoms with Gasteiger partial charge >= 0.3 is 0 Å². The second-order valence-corrected chi connectivity index (χ2v) is 9.49. The maximum Gasteiger partial charge on any atom is 0.269 e. The third kappa shape index (κ3) is 4.48. The molecule has 2 heterocycles. The number of hydrogen-bond donors (Lipinski definition) is 1. The van der Waals surface area contributed by atoms with Crippen LogP contribution in [0.4, 0.5) is 5.69 Å². The Morgan fingerprint density at radius 3 is 2.87 bits per heavy atom. The van der Waals surface area contributed by atoms with Crippen LogP contribution in [0.3, 0.4) is 0 Å². The summed E-state index contributed by atoms with van der Waals surface area (Å²) in [7, 11) is -3.64. The molecule has 1 N–H and O–H groups in total. The molecule has 9 nitrogen and oxygen atoms in total. The number of hydrogen-bond acceptors (Lipinski definition) is 8. The number of nitro groups is 1. The van der Waals surface area contributed by atoms with Crippen molar-refractivity contribution < 1.29 is 13.3 Å². The molecule has 0 fully saturated rings. The van der Waals surface area contributed by atoms with E-state index in [4.69, 9.17) is 0 Å². The molecule has 0 spiro atoms. The molecule has 0 radical (unpaired) electrons. The number of unbranched alkanes of at least 4 members (excludes halogenated alkanes) is 1. The average Bonchev–Trinajstić information content (AvgIpc) is 3.21. The lowest BCUT2D eigenvalue weighted by Crippen LogP contribution is -2.32. The summed E-state index contributed by atoms with van der Waals surface area (Å²) in [5.74, 6) is 0. The van der Waals surface area contributed by atoms with Crippen molar-refractivity contribution in [3.8, 4) is 0 Å². The highest BCUT2D eigenvalue weighted by Gasteiger charge is 2.20. The molecule has 11 heteroatoms. The van der Waals surface area contributed by atoms with Crippen molar-refractivity contribution in [1.29, 1.82) is 0 Å². The fourth-order valence-electron chi connectivity index (χ4n) is 3.65. The van der Waals surface area contributed by atoms with Crippen molar-refractivity contribution >= 4 is 38.5 Å². The Morgan fingerprint density at radius 2 is 2.03 bits per heavy atom. The molecule has 0 aliphatic carbocycles. The highest BCUT2D eigenvalue weighted by molar-refractivity contribution is 7.89. The van der Waals surface area contributed by atoms with Crippen molar-refractivity contribution in [1.82, 2.24) is 18.4 Å². The van der Waals surface area contributed by atoms with E-state index < -0.39 is 10.0 Å². The number of fused-ring (bicyclic) bond motifs is 2. The first-order valence-corrected chi connectivity index (χ1v) is 11.8. The second-order valence-electron chi connectivity index (χ2n) is 7.23. The van der Waals surface area contributed by atoms with Gasteiger partial charge in [-0.25, -0.2) is 13.1 Å². The first kappa shape index (κ1) is 20.8. The SMILES string of the molecule is O=[N+]([O-])c1ccc2c(c1)CN(CCCCNS(=O)(=O)c1cccc3nsnc13)CC2. The minimum absolute atomic E-state index is 0.121. The van der Waals surface area contributed by atoms with Gasteiger partial charge in [-0.2, -0.15) is 8.75 Å². The topological polar surface area (TPSA) is 118 Å². The molecule has 30 heavy (non-hydrogen) atoms. The normalized spacial score (nSPS) is 14.7. The Bertz CT molecular complexity index is 1180. The molecule has 0 unspecified atom stereocenters. The van der Waals surface area contributed by atoms with Gasteiger partial charge in [-0.1, -0.05) is 12.1 Å². The van der Waals surface area contributed by atoms with Gasteiger partial charge in [0.2, 0.25) is 10.0 Å². The molecule has 158 valence electrons. The Kier molecular flexibility index (Phi) is 6.04. The predicted molar refractivity (Wildman–Crippen MR) is 114 cm³/mol. The minimum Gasteiger partial charge on any atom is -0.299 e. The van der Waals surface area contributed by atoms with E-state index in [1.807, 2.05) is 6.07 Å². The molecule has 0 amide bonds. The van der Waals surface area contributed by atoms with Crippen molar-refractivity contribution in [3.05, 3.63) is 57.6 Å². The summed E-state index contributed by atoms with van der Waals surface area (Å²) in [6, 6.07) is 10.0. The van der Waals surface area contributed by atoms with E-state index in [1.54, 1.807) is 24.3 Å². The summed E-state index contributed by atoms with van der Waals surface area (Å²) in [5, 5.41) is 11.0. The lowest BCUT2D eigenvalue weighted by molar-refractivity contribution is -0.385. The van der Waals surface area contributed by atoms with Crippen LogP contribution in [0.5, 0.6) is 0 Å². The molecule has 4 rings (SSSR count). The zero-order chi connectivity index (χ0) is 21.1. The highest BCUT2D eigenvalue weighted by Crippen LogP contribution is 2.24. The van der Waals surface area contributed by atoms with Crippen molar-refractivity contribution in [2.45, 2.75) is 30.7 Å². The molecular formula is C19H21N5O4S2. The minimum atomic E-state index is -3.64. The molecule has 0 saturated heterocycles. The Morgan fingerprint density at radius 1 is 1.17 bits per heavy atom. The summed E-state index contributed by atoms with van der Waals surface area (Å²) < 4.78 is 36.0. The Hall–Kier alpha value is -2.47. The van der Waals surface area contributed by atoms with E-state index in [2.05, 4.69) is 18.4 Å². The van der Waals surface area contributed by atoms with Crippen molar-refractivity contribution in [2.24, 2.45) is 0 Å². The quantitative estimate of drug-likeness (QED) is 0.320. The fraction of sp³-hybridized carbons (Fsp3) is 0.368. The predicted octanol–water partition coefficient (Wildman–Crippen LogP) is 2.72. The monoisotopic (exact) mass is 447 g/mol. The number of sulfonamides is 1. The van der Waals surface area contributed by atoms with E-state index >= 15 is 0 Å². The van der Waals surface area contributed by atoms with Crippen LogP contribution in [-0.2, 0) is 23.0 Å². The van der Waals surface area contributed by atoms with Gasteiger partial charge in [-0.05, 0) is 49.1 Å². The van der Waals surface area contributed by atoms with Gasteiger partial charge in [0.1, 0.15) is 15.9 Å². The van der Waals surface area contributed by atoms with E-state index in [-0.39, 0.29) is 15.5 Å². The zero-order valence-electron chi connectivity index (χ0n) is 16.2. The van der Waals surface area contributed by atoms with Gasteiger partial charge in [-0.3, -0.25) is 15.0 Å². The molecule has 0 saturated carbocycles. The summed E-state index contributed by atoms with van der Waals surface area (Å²) in [4.78, 5) is 13.0. The van der Waals surface area contributed by atoms with Crippen LogP contribution in [0.25, 0.3) is 11.0 Å². The molecule has 1 aliphatic rings. The van der Waals surface area contributed by atoms with Gasteiger partial charge in [0, 0.05) is 31.8 Å². The van der Waals surface area contributed by atoms with Crippen LogP contribution in [0.2, 0.25) is 0 Å². The van der Waals surface area contributed by atoms with E-state index in [0.717, 1.165) is 48.8 Å². The van der Waals surface area contributed by atoms with Crippen molar-refractivity contribution in [3.63, 3.8) is 0 Å². The Balaban J connectivity index is 1.27. The lowest BCUT2D eigenvalue weighted by atomic mass is 9.99. The summed E-state index contributed by atoms with van der Waals surface area (Å²) in [6.07, 6.45) is 2.39. The van der Waals surface area contributed by atoms with Gasteiger partial charge < -0.3 is 0 Å². The smallest absolute Gasteiger partial charge is 0.269 e. The number of rotatable bonds is 8. The molecule has 1 aromatic heterocycles. The van der Waals surface area contributed by atoms with Crippen LogP contribution < -0.4 is 4.72 Å². The molecule has 0 bridgehead atoms. The number of nitrogens with zero attached hydrogens (tertiary/aromatic N) is 4. The Labute approximate surface area is 178 Å². The maximum absolute atomic E-state index is 12.6. The molecule has 1 aliphatic heterocycles. The van der Waals surface area contributed by atoms with Crippen LogP contribution in [-0.4, -0.2) is 46.6 Å². The fourth-order valence-corrected chi connectivity index (χ4v) is 5.49. The van der Waals surface area contributed by atoms with Gasteiger partial charge in [-0.15, -0.1) is 0 Å².